The molecule has 65 heavy (non-hydrogen) atoms. The number of fused-ring (bicyclic) bond motifs is 2. The number of likely N-dealkylation sites (N-methyl/N-ethyl adjacent to an activating group) is 1. The number of piperidine rings is 2. The first-order chi connectivity index (χ1) is 31.3. The van der Waals surface area contributed by atoms with Crippen molar-refractivity contribution in [2.24, 2.45) is 0 Å². The number of amides is 4. The molecule has 19 heteroatoms. The van der Waals surface area contributed by atoms with E-state index in [2.05, 4.69) is 35.6 Å². The molecule has 4 fully saturated rings. The van der Waals surface area contributed by atoms with E-state index in [0.717, 1.165) is 62.8 Å². The summed E-state index contributed by atoms with van der Waals surface area (Å²) in [6.45, 7) is 9.75. The van der Waals surface area contributed by atoms with Crippen molar-refractivity contribution < 1.29 is 33.0 Å². The van der Waals surface area contributed by atoms with Gasteiger partial charge in [0, 0.05) is 81.5 Å². The van der Waals surface area contributed by atoms with Crippen molar-refractivity contribution >= 4 is 69.3 Å². The summed E-state index contributed by atoms with van der Waals surface area (Å²) in [5.41, 5.74) is 2.94. The van der Waals surface area contributed by atoms with Gasteiger partial charge in [0.15, 0.2) is 24.0 Å². The highest BCUT2D eigenvalue weighted by Gasteiger charge is 2.43. The lowest BCUT2D eigenvalue weighted by Crippen LogP contribution is -2.56. The third-order valence-electron chi connectivity index (χ3n) is 13.4. The first kappa shape index (κ1) is 44.4. The minimum atomic E-state index is -0.788. The van der Waals surface area contributed by atoms with Crippen LogP contribution in [0.2, 0.25) is 5.02 Å². The van der Waals surface area contributed by atoms with Crippen molar-refractivity contribution in [2.75, 3.05) is 68.0 Å². The molecule has 1 aliphatic carbocycles. The van der Waals surface area contributed by atoms with Crippen LogP contribution in [0.15, 0.2) is 41.3 Å². The highest BCUT2D eigenvalue weighted by Crippen LogP contribution is 2.38. The second-order valence-corrected chi connectivity index (χ2v) is 18.3. The summed E-state index contributed by atoms with van der Waals surface area (Å²) in [6.07, 6.45) is 5.88. The van der Waals surface area contributed by atoms with E-state index in [1.54, 1.807) is 22.9 Å². The number of hydrogen-bond acceptors (Lipinski definition) is 13. The highest BCUT2D eigenvalue weighted by molar-refractivity contribution is 6.33. The Hall–Kier alpha value is -5.85. The van der Waals surface area contributed by atoms with Gasteiger partial charge in [0.25, 0.3) is 17.4 Å². The zero-order chi connectivity index (χ0) is 45.7. The number of ether oxygens (including phenoxy) is 2. The molecule has 3 N–H and O–H groups in total. The van der Waals surface area contributed by atoms with E-state index < -0.39 is 17.8 Å². The number of carbonyl (C=O) groups excluding carboxylic acids is 4. The van der Waals surface area contributed by atoms with Gasteiger partial charge in [-0.05, 0) is 88.8 Å². The number of carbonyl (C=O) groups is 4. The van der Waals surface area contributed by atoms with Gasteiger partial charge in [-0.15, -0.1) is 0 Å². The van der Waals surface area contributed by atoms with Crippen molar-refractivity contribution in [3.63, 3.8) is 0 Å². The molecule has 17 nitrogen and oxygen atoms in total. The summed E-state index contributed by atoms with van der Waals surface area (Å²) in [4.78, 5) is 80.1. The van der Waals surface area contributed by atoms with Crippen LogP contribution in [0.1, 0.15) is 79.9 Å². The summed E-state index contributed by atoms with van der Waals surface area (Å²) in [5, 5.41) is 9.23. The molecular weight excluding hydrogens is 859 g/mol. The third kappa shape index (κ3) is 8.82. The minimum absolute atomic E-state index is 0.0121. The quantitative estimate of drug-likeness (QED) is 0.170. The van der Waals surface area contributed by atoms with Crippen LogP contribution in [0, 0.1) is 12.7 Å². The number of nitrogens with one attached hydrogen (secondary N) is 3. The van der Waals surface area contributed by atoms with Gasteiger partial charge in [0.2, 0.25) is 17.8 Å². The largest absolute Gasteiger partial charge is 0.478 e. The van der Waals surface area contributed by atoms with Gasteiger partial charge in [-0.3, -0.25) is 34.2 Å². The van der Waals surface area contributed by atoms with Gasteiger partial charge < -0.3 is 39.4 Å². The maximum atomic E-state index is 16.1. The zero-order valence-electron chi connectivity index (χ0n) is 37.0. The Labute approximate surface area is 380 Å². The lowest BCUT2D eigenvalue weighted by Gasteiger charge is -2.47. The van der Waals surface area contributed by atoms with Crippen molar-refractivity contribution in [2.45, 2.75) is 96.2 Å². The summed E-state index contributed by atoms with van der Waals surface area (Å²) < 4.78 is 30.0. The number of rotatable bonds is 12. The van der Waals surface area contributed by atoms with E-state index in [4.69, 9.17) is 26.1 Å². The molecular formula is C46H54ClFN10O7. The van der Waals surface area contributed by atoms with Gasteiger partial charge >= 0.3 is 0 Å². The Kier molecular flexibility index (Phi) is 12.4. The number of benzene rings is 2. The fourth-order valence-corrected chi connectivity index (χ4v) is 9.98. The molecule has 0 radical (unpaired) electrons. The van der Waals surface area contributed by atoms with E-state index in [0.29, 0.717) is 64.0 Å². The van der Waals surface area contributed by atoms with Gasteiger partial charge in [0.1, 0.15) is 11.1 Å². The normalized spacial score (nSPS) is 21.7. The van der Waals surface area contributed by atoms with Crippen LogP contribution in [0.25, 0.3) is 10.9 Å². The second kappa shape index (κ2) is 18.2. The Morgan fingerprint density at radius 3 is 2.45 bits per heavy atom. The first-order valence-corrected chi connectivity index (χ1v) is 22.8. The molecule has 1 atom stereocenters. The number of nitrogens with zero attached hydrogens (tertiary/aromatic N) is 7. The maximum Gasteiger partial charge on any atom is 0.293 e. The van der Waals surface area contributed by atoms with Gasteiger partial charge in [0.05, 0.1) is 41.7 Å². The Bertz CT molecular complexity index is 2610. The Morgan fingerprint density at radius 2 is 1.74 bits per heavy atom. The lowest BCUT2D eigenvalue weighted by atomic mass is 9.87. The molecule has 1 saturated carbocycles. The number of aromatic nitrogens is 3. The number of hydrogen-bond donors (Lipinski definition) is 3. The molecule has 3 saturated heterocycles. The van der Waals surface area contributed by atoms with Crippen LogP contribution >= 0.6 is 11.6 Å². The number of anilines is 4. The molecule has 0 spiro atoms. The predicted octanol–water partition coefficient (Wildman–Crippen LogP) is 4.44. The first-order valence-electron chi connectivity index (χ1n) is 22.4. The van der Waals surface area contributed by atoms with Crippen LogP contribution < -0.4 is 36.0 Å². The Morgan fingerprint density at radius 1 is 0.985 bits per heavy atom. The van der Waals surface area contributed by atoms with Crippen LogP contribution in [0.5, 0.6) is 5.75 Å². The monoisotopic (exact) mass is 912 g/mol. The van der Waals surface area contributed by atoms with E-state index in [1.165, 1.54) is 11.9 Å². The molecule has 6 heterocycles. The van der Waals surface area contributed by atoms with Gasteiger partial charge in [-0.2, -0.15) is 4.98 Å². The fourth-order valence-electron chi connectivity index (χ4n) is 9.84. The number of aryl methyl sites for hydroxylation is 1. The minimum Gasteiger partial charge on any atom is -0.478 e. The molecule has 5 aliphatic rings. The molecule has 4 aliphatic heterocycles. The van der Waals surface area contributed by atoms with Crippen molar-refractivity contribution in [1.82, 2.24) is 35.0 Å². The SMILES string of the molecule is CNC(=O)COc1cc2cc(Nc3nc(N4CCC(OC5CC(N6CCN(c7cc(C)c8c(c7F)CN([C@@H]7CCC(=O)NC7=O)C8=O)CC6)C5)CC4)ncc3Cl)ccc2n(C(C)C)c1=O. The Balaban J connectivity index is 0.753. The van der Waals surface area contributed by atoms with Crippen LogP contribution in [0.3, 0.4) is 0 Å². The molecule has 0 bridgehead atoms. The zero-order valence-corrected chi connectivity index (χ0v) is 37.8. The van der Waals surface area contributed by atoms with Gasteiger partial charge in [-0.1, -0.05) is 11.6 Å². The maximum absolute atomic E-state index is 16.1. The number of piperazine rings is 1. The topological polar surface area (TPSA) is 184 Å². The van der Waals surface area contributed by atoms with Crippen LogP contribution in [-0.2, 0) is 25.7 Å². The summed E-state index contributed by atoms with van der Waals surface area (Å²) >= 11 is 6.60. The standard InChI is InChI=1S/C46H54ClFN10O7/c1-25(2)58-34-6-5-28(18-27(34)19-37(44(58)62)64-24-39(60)49-4)51-42-33(47)22-50-46(53-42)56-11-9-30(10-12-56)65-31-20-29(21-31)54-13-15-55(16-14-54)36-17-26(3)40-32(41(36)48)23-57(45(40)63)35-7-8-38(59)52-43(35)61/h5-6,17-19,22,25,29-31,35H,7-16,20-21,23-24H2,1-4H3,(H,49,60)(H,50,51,53)(H,52,59,61)/t29?,31?,35-/m1/s1. The number of pyridine rings is 1. The van der Waals surface area contributed by atoms with Crippen molar-refractivity contribution in [1.29, 1.82) is 0 Å². The summed E-state index contributed by atoms with van der Waals surface area (Å²) in [7, 11) is 1.51. The fraction of sp³-hybridized carbons (Fsp3) is 0.500. The molecule has 2 aromatic heterocycles. The average Bonchev–Trinajstić information content (AvgIpc) is 3.63. The molecule has 4 amide bonds. The van der Waals surface area contributed by atoms with Crippen LogP contribution in [0.4, 0.5) is 27.5 Å². The number of halogens is 2. The lowest BCUT2D eigenvalue weighted by molar-refractivity contribution is -0.137. The van der Waals surface area contributed by atoms with E-state index in [9.17, 15) is 24.0 Å². The molecule has 0 unspecified atom stereocenters. The van der Waals surface area contributed by atoms with E-state index in [1.807, 2.05) is 39.0 Å². The number of imide groups is 1. The predicted molar refractivity (Wildman–Crippen MR) is 243 cm³/mol. The van der Waals surface area contributed by atoms with Crippen molar-refractivity contribution in [3.05, 3.63) is 74.4 Å². The average molecular weight is 913 g/mol. The molecule has 4 aromatic rings. The third-order valence-corrected chi connectivity index (χ3v) is 13.7. The van der Waals surface area contributed by atoms with E-state index >= 15 is 4.39 Å². The van der Waals surface area contributed by atoms with Crippen LogP contribution in [-0.4, -0.2) is 125 Å². The van der Waals surface area contributed by atoms with Gasteiger partial charge in [-0.25, -0.2) is 9.37 Å². The highest BCUT2D eigenvalue weighted by atomic mass is 35.5. The molecule has 9 rings (SSSR count). The smallest absolute Gasteiger partial charge is 0.293 e. The van der Waals surface area contributed by atoms with E-state index in [-0.39, 0.29) is 73.3 Å². The summed E-state index contributed by atoms with van der Waals surface area (Å²) in [6, 6.07) is 8.48. The second-order valence-electron chi connectivity index (χ2n) is 17.9. The van der Waals surface area contributed by atoms with Crippen molar-refractivity contribution in [3.8, 4) is 5.75 Å². The molecule has 2 aromatic carbocycles. The summed E-state index contributed by atoms with van der Waals surface area (Å²) in [5.74, 6) is -0.877. The molecule has 344 valence electrons.